The quantitative estimate of drug-likeness (QED) is 0.851. The maximum absolute atomic E-state index is 12.2. The van der Waals surface area contributed by atoms with E-state index in [2.05, 4.69) is 0 Å². The Labute approximate surface area is 130 Å². The fraction of sp³-hybridized carbons (Fsp3) is 0.467. The highest BCUT2D eigenvalue weighted by atomic mass is 32.2. The van der Waals surface area contributed by atoms with Crippen LogP contribution in [-0.4, -0.2) is 48.6 Å². The van der Waals surface area contributed by atoms with Crippen LogP contribution in [0.1, 0.15) is 26.3 Å². The van der Waals surface area contributed by atoms with Crippen LogP contribution < -0.4 is 0 Å². The second-order valence-corrected chi connectivity index (χ2v) is 7.82. The van der Waals surface area contributed by atoms with Crippen LogP contribution in [0.5, 0.6) is 0 Å². The number of benzene rings is 1. The lowest BCUT2D eigenvalue weighted by molar-refractivity contribution is -0.155. The molecule has 22 heavy (non-hydrogen) atoms. The Morgan fingerprint density at radius 1 is 1.27 bits per heavy atom. The fourth-order valence-electron chi connectivity index (χ4n) is 1.76. The van der Waals surface area contributed by atoms with Gasteiger partial charge in [0.2, 0.25) is 5.91 Å². The van der Waals surface area contributed by atoms with E-state index in [1.807, 2.05) is 0 Å². The van der Waals surface area contributed by atoms with Gasteiger partial charge in [0.25, 0.3) is 0 Å². The van der Waals surface area contributed by atoms with Crippen molar-refractivity contribution >= 4 is 21.7 Å². The average molecular weight is 327 g/mol. The van der Waals surface area contributed by atoms with Gasteiger partial charge in [-0.3, -0.25) is 4.79 Å². The fourth-order valence-corrected chi connectivity index (χ4v) is 2.71. The summed E-state index contributed by atoms with van der Waals surface area (Å²) in [5.74, 6) is -1.51. The smallest absolute Gasteiger partial charge is 0.329 e. The molecule has 0 aliphatic rings. The predicted molar refractivity (Wildman–Crippen MR) is 82.4 cm³/mol. The monoisotopic (exact) mass is 327 g/mol. The number of hydrogen-bond acceptors (Lipinski definition) is 4. The van der Waals surface area contributed by atoms with Crippen molar-refractivity contribution in [3.05, 3.63) is 29.8 Å². The van der Waals surface area contributed by atoms with E-state index < -0.39 is 27.3 Å². The van der Waals surface area contributed by atoms with Crippen molar-refractivity contribution < 1.29 is 23.1 Å². The van der Waals surface area contributed by atoms with E-state index in [1.54, 1.807) is 19.1 Å². The van der Waals surface area contributed by atoms with Crippen LogP contribution in [0.2, 0.25) is 0 Å². The molecule has 0 bridgehead atoms. The molecule has 0 fully saturated rings. The molecule has 122 valence electrons. The first-order valence-electron chi connectivity index (χ1n) is 6.84. The van der Waals surface area contributed by atoms with E-state index in [1.165, 1.54) is 33.0 Å². The summed E-state index contributed by atoms with van der Waals surface area (Å²) < 4.78 is 23.7. The summed E-state index contributed by atoms with van der Waals surface area (Å²) >= 11 is 0. The third kappa shape index (κ3) is 3.85. The number of aliphatic carboxylic acids is 1. The zero-order valence-electron chi connectivity index (χ0n) is 13.2. The van der Waals surface area contributed by atoms with Gasteiger partial charge in [-0.25, -0.2) is 13.2 Å². The molecule has 0 aliphatic carbocycles. The molecule has 0 heterocycles. The molecule has 0 saturated heterocycles. The number of sulfone groups is 1. The summed E-state index contributed by atoms with van der Waals surface area (Å²) in [4.78, 5) is 24.7. The third-order valence-corrected chi connectivity index (χ3v) is 5.46. The van der Waals surface area contributed by atoms with Crippen molar-refractivity contribution in [3.8, 4) is 0 Å². The van der Waals surface area contributed by atoms with E-state index in [0.717, 1.165) is 4.90 Å². The molecule has 0 radical (unpaired) electrons. The van der Waals surface area contributed by atoms with Gasteiger partial charge in [0.15, 0.2) is 9.84 Å². The third-order valence-electron chi connectivity index (χ3n) is 3.73. The Balaban J connectivity index is 2.99. The van der Waals surface area contributed by atoms with Gasteiger partial charge in [-0.05, 0) is 31.5 Å². The number of carbonyl (C=O) groups is 2. The SMILES string of the molecule is CCS(=O)(=O)c1cccc(CC(=O)N(C)C(C)(C)C(=O)O)c1. The van der Waals surface area contributed by atoms with E-state index >= 15 is 0 Å². The number of carbonyl (C=O) groups excluding carboxylic acids is 1. The van der Waals surface area contributed by atoms with Crippen LogP contribution in [0.3, 0.4) is 0 Å². The first-order chi connectivity index (χ1) is 10.0. The number of hydrogen-bond donors (Lipinski definition) is 1. The summed E-state index contributed by atoms with van der Waals surface area (Å²) in [6.07, 6.45) is -0.0553. The zero-order chi connectivity index (χ0) is 17.1. The van der Waals surface area contributed by atoms with Crippen molar-refractivity contribution in [2.45, 2.75) is 37.6 Å². The topological polar surface area (TPSA) is 91.8 Å². The molecule has 1 rings (SSSR count). The zero-order valence-corrected chi connectivity index (χ0v) is 14.0. The van der Waals surface area contributed by atoms with Gasteiger partial charge in [-0.1, -0.05) is 19.1 Å². The molecule has 1 N–H and O–H groups in total. The van der Waals surface area contributed by atoms with Crippen molar-refractivity contribution in [3.63, 3.8) is 0 Å². The second kappa shape index (κ2) is 6.48. The predicted octanol–water partition coefficient (Wildman–Crippen LogP) is 1.34. The van der Waals surface area contributed by atoms with Crippen LogP contribution >= 0.6 is 0 Å². The molecule has 0 aliphatic heterocycles. The Bertz CT molecular complexity index is 679. The summed E-state index contributed by atoms with van der Waals surface area (Å²) in [6.45, 7) is 4.42. The first-order valence-corrected chi connectivity index (χ1v) is 8.49. The van der Waals surface area contributed by atoms with E-state index in [9.17, 15) is 18.0 Å². The molecule has 0 aromatic heterocycles. The molecule has 0 saturated carbocycles. The van der Waals surface area contributed by atoms with Crippen LogP contribution in [0.4, 0.5) is 0 Å². The van der Waals surface area contributed by atoms with Gasteiger partial charge in [0, 0.05) is 7.05 Å². The number of carboxylic acids is 1. The summed E-state index contributed by atoms with van der Waals surface area (Å²) in [7, 11) is -1.92. The minimum absolute atomic E-state index is 0.0175. The van der Waals surface area contributed by atoms with Crippen LogP contribution in [-0.2, 0) is 25.8 Å². The summed E-state index contributed by atoms with van der Waals surface area (Å²) in [5, 5.41) is 9.14. The molecule has 1 amide bonds. The number of nitrogens with zero attached hydrogens (tertiary/aromatic N) is 1. The molecule has 1 aromatic carbocycles. The lowest BCUT2D eigenvalue weighted by atomic mass is 10.0. The molecule has 1 aromatic rings. The number of likely N-dealkylation sites (N-methyl/N-ethyl adjacent to an activating group) is 1. The van der Waals surface area contributed by atoms with Gasteiger partial charge in [0.05, 0.1) is 17.1 Å². The van der Waals surface area contributed by atoms with E-state index in [0.29, 0.717) is 5.56 Å². The minimum Gasteiger partial charge on any atom is -0.480 e. The highest BCUT2D eigenvalue weighted by Gasteiger charge is 2.35. The lowest BCUT2D eigenvalue weighted by Gasteiger charge is -2.31. The Hall–Kier alpha value is -1.89. The van der Waals surface area contributed by atoms with Gasteiger partial charge in [-0.2, -0.15) is 0 Å². The van der Waals surface area contributed by atoms with Crippen molar-refractivity contribution in [2.24, 2.45) is 0 Å². The van der Waals surface area contributed by atoms with Gasteiger partial charge < -0.3 is 10.0 Å². The van der Waals surface area contributed by atoms with Crippen LogP contribution in [0.25, 0.3) is 0 Å². The normalized spacial score (nSPS) is 12.0. The second-order valence-electron chi connectivity index (χ2n) is 5.54. The summed E-state index contributed by atoms with van der Waals surface area (Å²) in [6, 6.07) is 6.16. The number of carboxylic acid groups (broad SMARTS) is 1. The van der Waals surface area contributed by atoms with Crippen molar-refractivity contribution in [1.82, 2.24) is 4.90 Å². The summed E-state index contributed by atoms with van der Waals surface area (Å²) in [5.41, 5.74) is -0.794. The van der Waals surface area contributed by atoms with Gasteiger partial charge in [0.1, 0.15) is 5.54 Å². The molecule has 0 atom stereocenters. The average Bonchev–Trinajstić information content (AvgIpc) is 2.46. The minimum atomic E-state index is -3.34. The molecule has 0 unspecified atom stereocenters. The maximum atomic E-state index is 12.2. The van der Waals surface area contributed by atoms with E-state index in [4.69, 9.17) is 5.11 Å². The van der Waals surface area contributed by atoms with Crippen LogP contribution in [0.15, 0.2) is 29.2 Å². The Morgan fingerprint density at radius 3 is 2.36 bits per heavy atom. The van der Waals surface area contributed by atoms with Gasteiger partial charge >= 0.3 is 5.97 Å². The number of rotatable bonds is 6. The van der Waals surface area contributed by atoms with Crippen molar-refractivity contribution in [2.75, 3.05) is 12.8 Å². The Kier molecular flexibility index (Phi) is 5.35. The van der Waals surface area contributed by atoms with Gasteiger partial charge in [-0.15, -0.1) is 0 Å². The molecule has 7 heteroatoms. The molecule has 0 spiro atoms. The molecular formula is C15H21NO5S. The lowest BCUT2D eigenvalue weighted by Crippen LogP contribution is -2.51. The highest BCUT2D eigenvalue weighted by Crippen LogP contribution is 2.17. The Morgan fingerprint density at radius 2 is 1.86 bits per heavy atom. The largest absolute Gasteiger partial charge is 0.480 e. The first kappa shape index (κ1) is 18.2. The van der Waals surface area contributed by atoms with E-state index in [-0.39, 0.29) is 17.1 Å². The van der Waals surface area contributed by atoms with Crippen molar-refractivity contribution in [1.29, 1.82) is 0 Å². The number of amides is 1. The van der Waals surface area contributed by atoms with Crippen LogP contribution in [0, 0.1) is 0 Å². The standard InChI is InChI=1S/C15H21NO5S/c1-5-22(20,21)12-8-6-7-11(9-12)10-13(17)16(4)15(2,3)14(18)19/h6-9H,5,10H2,1-4H3,(H,18,19). The molecule has 6 nitrogen and oxygen atoms in total. The molecular weight excluding hydrogens is 306 g/mol. The maximum Gasteiger partial charge on any atom is 0.329 e. The highest BCUT2D eigenvalue weighted by molar-refractivity contribution is 7.91.